The Kier molecular flexibility index (Phi) is 9.42. The van der Waals surface area contributed by atoms with E-state index in [1.54, 1.807) is 33.8 Å². The molecular weight excluding hydrogens is 432 g/mol. The molecule has 3 unspecified atom stereocenters. The number of alkyl carbamates (subject to hydrolysis) is 1. The van der Waals surface area contributed by atoms with Crippen molar-refractivity contribution in [3.8, 4) is 0 Å². The topological polar surface area (TPSA) is 93.7 Å². The van der Waals surface area contributed by atoms with Gasteiger partial charge in [-0.1, -0.05) is 54.6 Å². The molecule has 0 spiro atoms. The first-order valence-corrected chi connectivity index (χ1v) is 11.3. The zero-order valence-corrected chi connectivity index (χ0v) is 20.3. The summed E-state index contributed by atoms with van der Waals surface area (Å²) < 4.78 is 10.5. The maximum absolute atomic E-state index is 13.1. The second-order valence-electron chi connectivity index (χ2n) is 8.83. The summed E-state index contributed by atoms with van der Waals surface area (Å²) in [5, 5.41) is 7.35. The first-order valence-electron chi connectivity index (χ1n) is 11.3. The van der Waals surface area contributed by atoms with E-state index in [2.05, 4.69) is 23.8 Å². The van der Waals surface area contributed by atoms with Gasteiger partial charge >= 0.3 is 12.1 Å². The average molecular weight is 467 g/mol. The van der Waals surface area contributed by atoms with Gasteiger partial charge in [-0.2, -0.15) is 0 Å². The summed E-state index contributed by atoms with van der Waals surface area (Å²) in [4.78, 5) is 38.3. The fourth-order valence-corrected chi connectivity index (χ4v) is 3.51. The van der Waals surface area contributed by atoms with Gasteiger partial charge in [0.1, 0.15) is 17.7 Å². The van der Waals surface area contributed by atoms with Crippen LogP contribution in [-0.2, 0) is 19.1 Å². The van der Waals surface area contributed by atoms with Crippen molar-refractivity contribution >= 4 is 28.7 Å². The van der Waals surface area contributed by atoms with Gasteiger partial charge in [0.15, 0.2) is 0 Å². The quantitative estimate of drug-likeness (QED) is 0.393. The van der Waals surface area contributed by atoms with Crippen molar-refractivity contribution < 1.29 is 23.9 Å². The van der Waals surface area contributed by atoms with Crippen molar-refractivity contribution in [2.24, 2.45) is 0 Å². The number of hydrogen-bond donors (Lipinski definition) is 2. The third-order valence-electron chi connectivity index (χ3n) is 5.02. The maximum atomic E-state index is 13.1. The monoisotopic (exact) mass is 466 g/mol. The highest BCUT2D eigenvalue weighted by Crippen LogP contribution is 2.26. The summed E-state index contributed by atoms with van der Waals surface area (Å²) in [6.45, 7) is 14.6. The van der Waals surface area contributed by atoms with Crippen molar-refractivity contribution in [2.75, 3.05) is 6.61 Å². The van der Waals surface area contributed by atoms with Crippen LogP contribution in [0.15, 0.2) is 67.8 Å². The van der Waals surface area contributed by atoms with Crippen LogP contribution >= 0.6 is 0 Å². The Labute approximate surface area is 201 Å². The smallest absolute Gasteiger partial charge is 0.408 e. The fourth-order valence-electron chi connectivity index (χ4n) is 3.51. The second kappa shape index (κ2) is 12.0. The van der Waals surface area contributed by atoms with Gasteiger partial charge < -0.3 is 20.1 Å². The van der Waals surface area contributed by atoms with Crippen LogP contribution in [0, 0.1) is 0 Å². The standard InChI is InChI=1S/C27H34N2O5/c1-7-12-22(28-26(32)34-27(4,5)6)24(30)29-23(25(31)33-9-3)21(8-2)20-16-15-18-13-10-11-14-19(18)17-20/h7-8,10-11,13-17,21-23H,1-2,9,12H2,3-6H3,(H,28,32)(H,29,30). The molecule has 2 aromatic rings. The van der Waals surface area contributed by atoms with Gasteiger partial charge in [0, 0.05) is 5.92 Å². The fraction of sp³-hybridized carbons (Fsp3) is 0.370. The molecule has 2 rings (SSSR count). The van der Waals surface area contributed by atoms with E-state index in [0.29, 0.717) is 0 Å². The van der Waals surface area contributed by atoms with Crippen LogP contribution in [0.25, 0.3) is 10.8 Å². The van der Waals surface area contributed by atoms with Crippen molar-refractivity contribution in [3.05, 3.63) is 73.3 Å². The van der Waals surface area contributed by atoms with Crippen LogP contribution in [0.3, 0.4) is 0 Å². The molecule has 2 aromatic carbocycles. The van der Waals surface area contributed by atoms with Gasteiger partial charge in [-0.05, 0) is 50.5 Å². The SMILES string of the molecule is C=CCC(NC(=O)OC(C)(C)C)C(=O)NC(C(=O)OCC)C(C=C)c1ccc2ccccc2c1. The van der Waals surface area contributed by atoms with Crippen LogP contribution in [0.1, 0.15) is 45.6 Å². The van der Waals surface area contributed by atoms with Gasteiger partial charge in [-0.15, -0.1) is 13.2 Å². The third kappa shape index (κ3) is 7.47. The minimum atomic E-state index is -1.04. The highest BCUT2D eigenvalue weighted by atomic mass is 16.6. The zero-order chi connectivity index (χ0) is 25.3. The molecule has 0 saturated heterocycles. The van der Waals surface area contributed by atoms with Crippen molar-refractivity contribution in [2.45, 2.75) is 57.7 Å². The van der Waals surface area contributed by atoms with Crippen molar-refractivity contribution in [1.82, 2.24) is 10.6 Å². The molecule has 0 saturated carbocycles. The molecule has 0 aliphatic heterocycles. The van der Waals surface area contributed by atoms with Gasteiger partial charge in [0.25, 0.3) is 0 Å². The third-order valence-corrected chi connectivity index (χ3v) is 5.02. The lowest BCUT2D eigenvalue weighted by molar-refractivity contribution is -0.148. The predicted molar refractivity (Wildman–Crippen MR) is 133 cm³/mol. The molecule has 2 amide bonds. The van der Waals surface area contributed by atoms with E-state index in [-0.39, 0.29) is 13.0 Å². The number of carbonyl (C=O) groups excluding carboxylic acids is 3. The molecule has 0 aromatic heterocycles. The molecule has 7 heteroatoms. The van der Waals surface area contributed by atoms with Gasteiger partial charge in [0.2, 0.25) is 5.91 Å². The molecule has 3 atom stereocenters. The first kappa shape index (κ1) is 26.6. The number of nitrogens with one attached hydrogen (secondary N) is 2. The Morgan fingerprint density at radius 2 is 1.71 bits per heavy atom. The Bertz CT molecular complexity index is 1040. The second-order valence-corrected chi connectivity index (χ2v) is 8.83. The summed E-state index contributed by atoms with van der Waals surface area (Å²) in [6.07, 6.45) is 2.53. The lowest BCUT2D eigenvalue weighted by atomic mass is 9.89. The number of fused-ring (bicyclic) bond motifs is 1. The van der Waals surface area contributed by atoms with E-state index in [1.165, 1.54) is 6.08 Å². The number of rotatable bonds is 10. The summed E-state index contributed by atoms with van der Waals surface area (Å²) in [6, 6.07) is 11.6. The Hall–Kier alpha value is -3.61. The Morgan fingerprint density at radius 1 is 1.03 bits per heavy atom. The van der Waals surface area contributed by atoms with E-state index in [9.17, 15) is 14.4 Å². The number of benzene rings is 2. The zero-order valence-electron chi connectivity index (χ0n) is 20.3. The number of esters is 1. The van der Waals surface area contributed by atoms with Crippen LogP contribution in [-0.4, -0.2) is 42.3 Å². The van der Waals surface area contributed by atoms with Crippen LogP contribution in [0.2, 0.25) is 0 Å². The Morgan fingerprint density at radius 3 is 2.29 bits per heavy atom. The molecule has 2 N–H and O–H groups in total. The number of hydrogen-bond acceptors (Lipinski definition) is 5. The van der Waals surface area contributed by atoms with E-state index in [0.717, 1.165) is 16.3 Å². The van der Waals surface area contributed by atoms with E-state index in [1.807, 2.05) is 42.5 Å². The molecule has 0 bridgehead atoms. The van der Waals surface area contributed by atoms with E-state index < -0.39 is 41.6 Å². The average Bonchev–Trinajstić information content (AvgIpc) is 2.77. The largest absolute Gasteiger partial charge is 0.464 e. The van der Waals surface area contributed by atoms with Gasteiger partial charge in [0.05, 0.1) is 6.61 Å². The highest BCUT2D eigenvalue weighted by Gasteiger charge is 2.33. The minimum absolute atomic E-state index is 0.148. The summed E-state index contributed by atoms with van der Waals surface area (Å²) in [5.41, 5.74) is 0.0731. The molecule has 7 nitrogen and oxygen atoms in total. The van der Waals surface area contributed by atoms with Crippen molar-refractivity contribution in [3.63, 3.8) is 0 Å². The number of amides is 2. The predicted octanol–water partition coefficient (Wildman–Crippen LogP) is 4.63. The summed E-state index contributed by atoms with van der Waals surface area (Å²) in [7, 11) is 0. The van der Waals surface area contributed by atoms with E-state index in [4.69, 9.17) is 9.47 Å². The lowest BCUT2D eigenvalue weighted by Gasteiger charge is -2.27. The van der Waals surface area contributed by atoms with Crippen LogP contribution in [0.4, 0.5) is 4.79 Å². The lowest BCUT2D eigenvalue weighted by Crippen LogP contribution is -2.53. The molecule has 34 heavy (non-hydrogen) atoms. The number of carbonyl (C=O) groups is 3. The molecule has 0 aliphatic rings. The molecule has 182 valence electrons. The molecule has 0 fully saturated rings. The molecular formula is C27H34N2O5. The molecule has 0 heterocycles. The summed E-state index contributed by atoms with van der Waals surface area (Å²) in [5.74, 6) is -1.71. The van der Waals surface area contributed by atoms with Crippen LogP contribution in [0.5, 0.6) is 0 Å². The molecule has 0 aliphatic carbocycles. The normalized spacial score (nSPS) is 13.8. The van der Waals surface area contributed by atoms with Crippen molar-refractivity contribution in [1.29, 1.82) is 0 Å². The minimum Gasteiger partial charge on any atom is -0.464 e. The Balaban J connectivity index is 2.32. The van der Waals surface area contributed by atoms with Gasteiger partial charge in [-0.25, -0.2) is 9.59 Å². The number of ether oxygens (including phenoxy) is 2. The van der Waals surface area contributed by atoms with Gasteiger partial charge in [-0.3, -0.25) is 4.79 Å². The summed E-state index contributed by atoms with van der Waals surface area (Å²) >= 11 is 0. The highest BCUT2D eigenvalue weighted by molar-refractivity contribution is 5.91. The van der Waals surface area contributed by atoms with E-state index >= 15 is 0 Å². The molecule has 0 radical (unpaired) electrons. The maximum Gasteiger partial charge on any atom is 0.408 e. The van der Waals surface area contributed by atoms with Crippen LogP contribution < -0.4 is 10.6 Å². The first-order chi connectivity index (χ1) is 16.1.